The molecule has 0 bridgehead atoms. The second-order valence-electron chi connectivity index (χ2n) is 7.90. The van der Waals surface area contributed by atoms with E-state index in [2.05, 4.69) is 21.9 Å². The third-order valence-corrected chi connectivity index (χ3v) is 6.05. The highest BCUT2D eigenvalue weighted by molar-refractivity contribution is 6.30. The van der Waals surface area contributed by atoms with Crippen LogP contribution >= 0.6 is 11.6 Å². The lowest BCUT2D eigenvalue weighted by molar-refractivity contribution is 0.260. The van der Waals surface area contributed by atoms with Crippen molar-refractivity contribution in [3.05, 3.63) is 74.3 Å². The van der Waals surface area contributed by atoms with E-state index >= 15 is 0 Å². The lowest BCUT2D eigenvalue weighted by atomic mass is 10.1. The van der Waals surface area contributed by atoms with Gasteiger partial charge in [-0.1, -0.05) is 11.6 Å². The number of hydrogen-bond donors (Lipinski definition) is 0. The molecule has 6 heteroatoms. The van der Waals surface area contributed by atoms with Gasteiger partial charge in [-0.2, -0.15) is 0 Å². The fourth-order valence-corrected chi connectivity index (χ4v) is 4.33. The molecular formula is C23H27ClN4O. The lowest BCUT2D eigenvalue weighted by Gasteiger charge is -2.36. The normalized spacial score (nSPS) is 15.2. The Morgan fingerprint density at radius 1 is 1.00 bits per heavy atom. The highest BCUT2D eigenvalue weighted by atomic mass is 35.5. The van der Waals surface area contributed by atoms with Gasteiger partial charge in [-0.15, -0.1) is 0 Å². The van der Waals surface area contributed by atoms with E-state index in [1.807, 2.05) is 45.0 Å². The molecule has 0 aliphatic carbocycles. The van der Waals surface area contributed by atoms with Crippen LogP contribution in [-0.2, 0) is 6.42 Å². The number of piperazine rings is 1. The Labute approximate surface area is 176 Å². The molecule has 3 heterocycles. The van der Waals surface area contributed by atoms with Crippen LogP contribution in [-0.4, -0.2) is 47.0 Å². The average molecular weight is 411 g/mol. The molecule has 0 saturated carbocycles. The molecule has 1 saturated heterocycles. The second-order valence-corrected chi connectivity index (χ2v) is 8.34. The minimum Gasteiger partial charge on any atom is -0.369 e. The number of pyridine rings is 1. The van der Waals surface area contributed by atoms with Crippen LogP contribution in [0.25, 0.3) is 5.65 Å². The standard InChI is InChI=1S/C23H27ClN4O/c1-16-14-17(2)28-22(15-16)25-18(3)21(23(28)29)8-9-26-10-12-27(13-11-26)20-6-4-19(24)5-7-20/h4-7,14-15H,8-13H2,1-3H3. The molecule has 4 rings (SSSR count). The number of hydrogen-bond acceptors (Lipinski definition) is 4. The first-order valence-corrected chi connectivity index (χ1v) is 10.5. The third kappa shape index (κ3) is 4.16. The Morgan fingerprint density at radius 3 is 2.38 bits per heavy atom. The monoisotopic (exact) mass is 410 g/mol. The van der Waals surface area contributed by atoms with Crippen molar-refractivity contribution in [3.63, 3.8) is 0 Å². The molecule has 1 aliphatic rings. The van der Waals surface area contributed by atoms with Crippen molar-refractivity contribution in [2.45, 2.75) is 27.2 Å². The summed E-state index contributed by atoms with van der Waals surface area (Å²) in [6.45, 7) is 10.8. The van der Waals surface area contributed by atoms with Gasteiger partial charge in [0.25, 0.3) is 5.56 Å². The molecule has 0 spiro atoms. The second kappa shape index (κ2) is 8.17. The largest absolute Gasteiger partial charge is 0.369 e. The van der Waals surface area contributed by atoms with Crippen LogP contribution < -0.4 is 10.5 Å². The quantitative estimate of drug-likeness (QED) is 0.658. The van der Waals surface area contributed by atoms with Crippen molar-refractivity contribution in [1.29, 1.82) is 0 Å². The van der Waals surface area contributed by atoms with E-state index in [0.29, 0.717) is 0 Å². The molecule has 0 unspecified atom stereocenters. The molecule has 0 radical (unpaired) electrons. The van der Waals surface area contributed by atoms with Gasteiger partial charge < -0.3 is 4.90 Å². The number of aromatic nitrogens is 2. The number of anilines is 1. The topological polar surface area (TPSA) is 40.9 Å². The Hall–Kier alpha value is -2.37. The van der Waals surface area contributed by atoms with Crippen molar-refractivity contribution in [3.8, 4) is 0 Å². The van der Waals surface area contributed by atoms with Gasteiger partial charge in [-0.05, 0) is 69.2 Å². The van der Waals surface area contributed by atoms with Gasteiger partial charge in [0.05, 0.1) is 0 Å². The van der Waals surface area contributed by atoms with Crippen LogP contribution in [0.15, 0.2) is 41.2 Å². The van der Waals surface area contributed by atoms with Crippen LogP contribution in [0, 0.1) is 20.8 Å². The summed E-state index contributed by atoms with van der Waals surface area (Å²) in [5.41, 5.74) is 5.77. The lowest BCUT2D eigenvalue weighted by Crippen LogP contribution is -2.47. The van der Waals surface area contributed by atoms with Gasteiger partial charge in [0.2, 0.25) is 0 Å². The average Bonchev–Trinajstić information content (AvgIpc) is 2.68. The Bertz CT molecular complexity index is 1080. The third-order valence-electron chi connectivity index (χ3n) is 5.80. The summed E-state index contributed by atoms with van der Waals surface area (Å²) in [6.07, 6.45) is 0.731. The van der Waals surface area contributed by atoms with Gasteiger partial charge in [-0.3, -0.25) is 14.1 Å². The zero-order valence-corrected chi connectivity index (χ0v) is 18.0. The highest BCUT2D eigenvalue weighted by Crippen LogP contribution is 2.19. The van der Waals surface area contributed by atoms with Crippen LogP contribution in [0.1, 0.15) is 22.5 Å². The molecule has 0 amide bonds. The van der Waals surface area contributed by atoms with Crippen molar-refractivity contribution >= 4 is 22.9 Å². The molecule has 2 aromatic heterocycles. The fourth-order valence-electron chi connectivity index (χ4n) is 4.20. The van der Waals surface area contributed by atoms with E-state index in [4.69, 9.17) is 16.6 Å². The number of fused-ring (bicyclic) bond motifs is 1. The number of nitrogens with zero attached hydrogens (tertiary/aromatic N) is 4. The maximum absolute atomic E-state index is 13.1. The smallest absolute Gasteiger partial charge is 0.261 e. The predicted octanol–water partition coefficient (Wildman–Crippen LogP) is 3.64. The minimum atomic E-state index is 0.0739. The van der Waals surface area contributed by atoms with E-state index < -0.39 is 0 Å². The van der Waals surface area contributed by atoms with Crippen molar-refractivity contribution < 1.29 is 0 Å². The summed E-state index contributed by atoms with van der Waals surface area (Å²) < 4.78 is 1.74. The Kier molecular flexibility index (Phi) is 5.61. The summed E-state index contributed by atoms with van der Waals surface area (Å²) >= 11 is 5.99. The van der Waals surface area contributed by atoms with Crippen LogP contribution in [0.5, 0.6) is 0 Å². The summed E-state index contributed by atoms with van der Waals surface area (Å²) in [6, 6.07) is 12.0. The van der Waals surface area contributed by atoms with E-state index in [9.17, 15) is 4.79 Å². The molecule has 5 nitrogen and oxygen atoms in total. The molecule has 3 aromatic rings. The predicted molar refractivity (Wildman–Crippen MR) is 119 cm³/mol. The molecule has 1 fully saturated rings. The van der Waals surface area contributed by atoms with Crippen LogP contribution in [0.3, 0.4) is 0 Å². The summed E-state index contributed by atoms with van der Waals surface area (Å²) in [4.78, 5) is 22.6. The molecule has 29 heavy (non-hydrogen) atoms. The molecule has 152 valence electrons. The van der Waals surface area contributed by atoms with Gasteiger partial charge in [0.15, 0.2) is 0 Å². The van der Waals surface area contributed by atoms with Gasteiger partial charge >= 0.3 is 0 Å². The number of rotatable bonds is 4. The van der Waals surface area contributed by atoms with Gasteiger partial charge in [0.1, 0.15) is 5.65 Å². The van der Waals surface area contributed by atoms with Gasteiger partial charge in [0, 0.05) is 60.4 Å². The molecule has 1 aromatic carbocycles. The van der Waals surface area contributed by atoms with E-state index in [0.717, 1.165) is 72.3 Å². The fraction of sp³-hybridized carbons (Fsp3) is 0.391. The maximum atomic E-state index is 13.1. The zero-order chi connectivity index (χ0) is 20.5. The van der Waals surface area contributed by atoms with Crippen molar-refractivity contribution in [2.24, 2.45) is 0 Å². The van der Waals surface area contributed by atoms with Crippen molar-refractivity contribution in [2.75, 3.05) is 37.6 Å². The SMILES string of the molecule is Cc1cc(C)n2c(=O)c(CCN3CCN(c4ccc(Cl)cc4)CC3)c(C)nc2c1. The first kappa shape index (κ1) is 19.9. The Balaban J connectivity index is 1.44. The van der Waals surface area contributed by atoms with E-state index in [1.54, 1.807) is 4.40 Å². The molecule has 1 aliphatic heterocycles. The van der Waals surface area contributed by atoms with Crippen LogP contribution in [0.4, 0.5) is 5.69 Å². The van der Waals surface area contributed by atoms with Gasteiger partial charge in [-0.25, -0.2) is 4.98 Å². The summed E-state index contributed by atoms with van der Waals surface area (Å²) in [7, 11) is 0. The van der Waals surface area contributed by atoms with Crippen molar-refractivity contribution in [1.82, 2.24) is 14.3 Å². The number of halogens is 1. The molecule has 0 N–H and O–H groups in total. The number of benzene rings is 1. The van der Waals surface area contributed by atoms with E-state index in [-0.39, 0.29) is 5.56 Å². The van der Waals surface area contributed by atoms with Crippen LogP contribution in [0.2, 0.25) is 5.02 Å². The Morgan fingerprint density at radius 2 is 1.69 bits per heavy atom. The summed E-state index contributed by atoms with van der Waals surface area (Å²) in [5.74, 6) is 0. The first-order chi connectivity index (χ1) is 13.9. The first-order valence-electron chi connectivity index (χ1n) is 10.1. The zero-order valence-electron chi connectivity index (χ0n) is 17.3. The van der Waals surface area contributed by atoms with E-state index in [1.165, 1.54) is 5.69 Å². The molecular weight excluding hydrogens is 384 g/mol. The highest BCUT2D eigenvalue weighted by Gasteiger charge is 2.19. The number of aryl methyl sites for hydroxylation is 3. The maximum Gasteiger partial charge on any atom is 0.261 e. The minimum absolute atomic E-state index is 0.0739. The molecule has 0 atom stereocenters. The summed E-state index contributed by atoms with van der Waals surface area (Å²) in [5, 5.41) is 0.767.